The second kappa shape index (κ2) is 6.66. The number of amides is 1. The van der Waals surface area contributed by atoms with Gasteiger partial charge in [-0.2, -0.15) is 0 Å². The highest BCUT2D eigenvalue weighted by Gasteiger charge is 2.34. The topological polar surface area (TPSA) is 87.3 Å². The second-order valence-corrected chi connectivity index (χ2v) is 7.89. The van der Waals surface area contributed by atoms with Crippen LogP contribution in [0.3, 0.4) is 0 Å². The van der Waals surface area contributed by atoms with Gasteiger partial charge in [0.2, 0.25) is 15.9 Å². The fourth-order valence-electron chi connectivity index (χ4n) is 2.41. The Morgan fingerprint density at radius 2 is 1.91 bits per heavy atom. The van der Waals surface area contributed by atoms with Gasteiger partial charge in [-0.15, -0.1) is 0 Å². The van der Waals surface area contributed by atoms with Crippen molar-refractivity contribution >= 4 is 27.3 Å². The van der Waals surface area contributed by atoms with Crippen LogP contribution in [0.4, 0.5) is 11.4 Å². The summed E-state index contributed by atoms with van der Waals surface area (Å²) in [5.74, 6) is 0.0122. The van der Waals surface area contributed by atoms with Crippen molar-refractivity contribution in [2.75, 3.05) is 28.9 Å². The Morgan fingerprint density at radius 3 is 2.45 bits per heavy atom. The first-order valence-electron chi connectivity index (χ1n) is 7.47. The molecule has 2 rings (SSSR count). The predicted octanol–water partition coefficient (Wildman–Crippen LogP) is 1.78. The molecule has 1 saturated heterocycles. The minimum Gasteiger partial charge on any atom is -0.326 e. The lowest BCUT2D eigenvalue weighted by molar-refractivity contribution is -0.125. The van der Waals surface area contributed by atoms with E-state index in [1.165, 1.54) is 0 Å². The Bertz CT molecular complexity index is 620. The van der Waals surface area contributed by atoms with E-state index in [0.717, 1.165) is 19.4 Å². The SMILES string of the molecule is CCS(=O)(=O)Nc1ccc(NC(=O)C2(C)CCCNC2)cc1. The zero-order chi connectivity index (χ0) is 16.2. The van der Waals surface area contributed by atoms with E-state index in [-0.39, 0.29) is 11.7 Å². The number of rotatable bonds is 5. The first kappa shape index (κ1) is 16.8. The van der Waals surface area contributed by atoms with Gasteiger partial charge in [0.1, 0.15) is 0 Å². The van der Waals surface area contributed by atoms with E-state index >= 15 is 0 Å². The molecule has 1 atom stereocenters. The minimum absolute atomic E-state index is 0.0124. The third-order valence-electron chi connectivity index (χ3n) is 3.94. The zero-order valence-corrected chi connectivity index (χ0v) is 13.8. The van der Waals surface area contributed by atoms with Crippen molar-refractivity contribution < 1.29 is 13.2 Å². The molecule has 6 nitrogen and oxygen atoms in total. The summed E-state index contributed by atoms with van der Waals surface area (Å²) in [5.41, 5.74) is 0.752. The van der Waals surface area contributed by atoms with Crippen LogP contribution < -0.4 is 15.4 Å². The van der Waals surface area contributed by atoms with Crippen LogP contribution in [0.25, 0.3) is 0 Å². The van der Waals surface area contributed by atoms with Gasteiger partial charge in [-0.3, -0.25) is 9.52 Å². The van der Waals surface area contributed by atoms with Crippen molar-refractivity contribution in [1.29, 1.82) is 0 Å². The number of sulfonamides is 1. The van der Waals surface area contributed by atoms with E-state index in [1.807, 2.05) is 6.92 Å². The molecule has 22 heavy (non-hydrogen) atoms. The number of hydrogen-bond acceptors (Lipinski definition) is 4. The first-order chi connectivity index (χ1) is 10.3. The molecule has 1 heterocycles. The summed E-state index contributed by atoms with van der Waals surface area (Å²) in [6.07, 6.45) is 1.85. The van der Waals surface area contributed by atoms with E-state index < -0.39 is 15.4 Å². The lowest BCUT2D eigenvalue weighted by atomic mass is 9.82. The summed E-state index contributed by atoms with van der Waals surface area (Å²) >= 11 is 0. The summed E-state index contributed by atoms with van der Waals surface area (Å²) in [7, 11) is -3.28. The molecule has 0 aromatic heterocycles. The van der Waals surface area contributed by atoms with Gasteiger partial charge in [0.05, 0.1) is 11.2 Å². The largest absolute Gasteiger partial charge is 0.326 e. The van der Waals surface area contributed by atoms with E-state index in [2.05, 4.69) is 15.4 Å². The Morgan fingerprint density at radius 1 is 1.27 bits per heavy atom. The van der Waals surface area contributed by atoms with Gasteiger partial charge in [-0.1, -0.05) is 0 Å². The molecule has 1 amide bonds. The number of carbonyl (C=O) groups is 1. The first-order valence-corrected chi connectivity index (χ1v) is 9.13. The van der Waals surface area contributed by atoms with Crippen molar-refractivity contribution in [2.24, 2.45) is 5.41 Å². The maximum absolute atomic E-state index is 12.4. The molecule has 1 unspecified atom stereocenters. The van der Waals surface area contributed by atoms with E-state index in [4.69, 9.17) is 0 Å². The van der Waals surface area contributed by atoms with Crippen LogP contribution in [0.2, 0.25) is 0 Å². The van der Waals surface area contributed by atoms with Gasteiger partial charge >= 0.3 is 0 Å². The molecular weight excluding hydrogens is 302 g/mol. The van der Waals surface area contributed by atoms with Crippen LogP contribution in [0.5, 0.6) is 0 Å². The minimum atomic E-state index is -3.28. The quantitative estimate of drug-likeness (QED) is 0.770. The highest BCUT2D eigenvalue weighted by molar-refractivity contribution is 7.92. The molecule has 1 aromatic rings. The maximum Gasteiger partial charge on any atom is 0.232 e. The highest BCUT2D eigenvalue weighted by Crippen LogP contribution is 2.27. The van der Waals surface area contributed by atoms with Crippen LogP contribution in [0.1, 0.15) is 26.7 Å². The van der Waals surface area contributed by atoms with Gasteiger partial charge in [-0.25, -0.2) is 8.42 Å². The molecule has 0 aliphatic carbocycles. The summed E-state index contributed by atoms with van der Waals surface area (Å²) in [6, 6.07) is 6.69. The summed E-state index contributed by atoms with van der Waals surface area (Å²) < 4.78 is 25.5. The van der Waals surface area contributed by atoms with E-state index in [0.29, 0.717) is 17.9 Å². The maximum atomic E-state index is 12.4. The average Bonchev–Trinajstić information content (AvgIpc) is 2.50. The smallest absolute Gasteiger partial charge is 0.232 e. The lowest BCUT2D eigenvalue weighted by Crippen LogP contribution is -2.46. The molecule has 0 bridgehead atoms. The van der Waals surface area contributed by atoms with Crippen LogP contribution in [0, 0.1) is 5.41 Å². The van der Waals surface area contributed by atoms with E-state index in [1.54, 1.807) is 31.2 Å². The summed E-state index contributed by atoms with van der Waals surface area (Å²) in [6.45, 7) is 5.16. The molecule has 0 radical (unpaired) electrons. The van der Waals surface area contributed by atoms with Crippen LogP contribution in [-0.2, 0) is 14.8 Å². The van der Waals surface area contributed by atoms with Gasteiger partial charge in [0.25, 0.3) is 0 Å². The van der Waals surface area contributed by atoms with Crippen molar-refractivity contribution in [3.05, 3.63) is 24.3 Å². The van der Waals surface area contributed by atoms with Crippen LogP contribution in [0.15, 0.2) is 24.3 Å². The summed E-state index contributed by atoms with van der Waals surface area (Å²) in [4.78, 5) is 12.4. The molecular formula is C15H23N3O3S. The Hall–Kier alpha value is -1.60. The van der Waals surface area contributed by atoms with E-state index in [9.17, 15) is 13.2 Å². The fraction of sp³-hybridized carbons (Fsp3) is 0.533. The standard InChI is InChI=1S/C15H23N3O3S/c1-3-22(20,21)18-13-7-5-12(6-8-13)17-14(19)15(2)9-4-10-16-11-15/h5-8,16,18H,3-4,9-11H2,1-2H3,(H,17,19). The van der Waals surface area contributed by atoms with Gasteiger partial charge in [0.15, 0.2) is 0 Å². The zero-order valence-electron chi connectivity index (χ0n) is 13.0. The number of carbonyl (C=O) groups excluding carboxylic acids is 1. The molecule has 1 aliphatic rings. The Labute approximate surface area is 131 Å². The number of hydrogen-bond donors (Lipinski definition) is 3. The Kier molecular flexibility index (Phi) is 5.08. The molecule has 122 valence electrons. The highest BCUT2D eigenvalue weighted by atomic mass is 32.2. The third kappa shape index (κ3) is 4.20. The average molecular weight is 325 g/mol. The van der Waals surface area contributed by atoms with Crippen molar-refractivity contribution in [3.63, 3.8) is 0 Å². The molecule has 3 N–H and O–H groups in total. The molecule has 1 aliphatic heterocycles. The molecule has 1 aromatic carbocycles. The van der Waals surface area contributed by atoms with Crippen molar-refractivity contribution in [3.8, 4) is 0 Å². The monoisotopic (exact) mass is 325 g/mol. The lowest BCUT2D eigenvalue weighted by Gasteiger charge is -2.32. The fourth-order valence-corrected chi connectivity index (χ4v) is 3.04. The van der Waals surface area contributed by atoms with Gasteiger partial charge in [-0.05, 0) is 57.5 Å². The third-order valence-corrected chi connectivity index (χ3v) is 5.25. The number of anilines is 2. The molecule has 0 spiro atoms. The number of piperidine rings is 1. The van der Waals surface area contributed by atoms with Gasteiger partial charge in [0, 0.05) is 17.9 Å². The normalized spacial score (nSPS) is 22.1. The second-order valence-electron chi connectivity index (χ2n) is 5.88. The van der Waals surface area contributed by atoms with Gasteiger partial charge < -0.3 is 10.6 Å². The number of benzene rings is 1. The van der Waals surface area contributed by atoms with Crippen LogP contribution in [-0.4, -0.2) is 33.2 Å². The Balaban J connectivity index is 2.00. The number of nitrogens with one attached hydrogen (secondary N) is 3. The van der Waals surface area contributed by atoms with Crippen LogP contribution >= 0.6 is 0 Å². The molecule has 1 fully saturated rings. The summed E-state index contributed by atoms with van der Waals surface area (Å²) in [5, 5.41) is 6.15. The van der Waals surface area contributed by atoms with Crippen molar-refractivity contribution in [2.45, 2.75) is 26.7 Å². The predicted molar refractivity (Wildman–Crippen MR) is 88.4 cm³/mol. The molecule has 7 heteroatoms. The molecule has 0 saturated carbocycles. The van der Waals surface area contributed by atoms with Crippen molar-refractivity contribution in [1.82, 2.24) is 5.32 Å².